The third-order valence-electron chi connectivity index (χ3n) is 14.0. The van der Waals surface area contributed by atoms with Gasteiger partial charge in [-0.25, -0.2) is 4.98 Å². The van der Waals surface area contributed by atoms with Crippen LogP contribution >= 0.6 is 22.9 Å². The summed E-state index contributed by atoms with van der Waals surface area (Å²) in [6.45, 7) is 16.5. The molecular weight excluding hydrogens is 997 g/mol. The van der Waals surface area contributed by atoms with Crippen LogP contribution in [0.4, 0.5) is 13.2 Å². The van der Waals surface area contributed by atoms with Gasteiger partial charge in [0, 0.05) is 55.2 Å². The molecule has 0 spiro atoms. The molecule has 2 aromatic heterocycles. The number of nitriles is 1. The van der Waals surface area contributed by atoms with Gasteiger partial charge in [-0.15, -0.1) is 11.3 Å². The SMILES string of the molecule is Cc1ncsc1-c1ccc(C(C)NC(=O)[C@@H]2C[C@@H](O)CN2C(=O)C(NC(=O)COCCN(CCCc2ccc(C(=O)N[C@H]3C(C)(C)[C@H](Oc4ccc(C#N)c(Cl)c4)C3(C)C)nc2)CCC(F)(F)F)C(C)(C)C)cc1. The number of carbonyl (C=O) groups excluding carboxylic acids is 4. The molecule has 2 aromatic carbocycles. The number of benzene rings is 2. The van der Waals surface area contributed by atoms with E-state index in [1.807, 2.05) is 71.9 Å². The molecule has 1 aliphatic carbocycles. The average Bonchev–Trinajstić information content (AvgIpc) is 3.96. The van der Waals surface area contributed by atoms with Crippen molar-refractivity contribution >= 4 is 46.6 Å². The van der Waals surface area contributed by atoms with Gasteiger partial charge in [-0.2, -0.15) is 18.4 Å². The Kier molecular flexibility index (Phi) is 18.6. The summed E-state index contributed by atoms with van der Waals surface area (Å²) in [5.41, 5.74) is 4.15. The molecule has 4 N–H and O–H groups in total. The fourth-order valence-electron chi connectivity index (χ4n) is 10.2. The lowest BCUT2D eigenvalue weighted by Gasteiger charge is -2.63. The molecule has 2 aliphatic rings. The second-order valence-corrected chi connectivity index (χ2v) is 22.9. The zero-order valence-electron chi connectivity index (χ0n) is 43.4. The maximum Gasteiger partial charge on any atom is 0.390 e. The van der Waals surface area contributed by atoms with Gasteiger partial charge in [0.15, 0.2) is 0 Å². The van der Waals surface area contributed by atoms with Gasteiger partial charge >= 0.3 is 6.18 Å². The summed E-state index contributed by atoms with van der Waals surface area (Å²) in [5, 5.41) is 29.0. The monoisotopic (exact) mass is 1060 g/mol. The quantitative estimate of drug-likeness (QED) is 0.0587. The van der Waals surface area contributed by atoms with Crippen molar-refractivity contribution in [2.24, 2.45) is 16.2 Å². The molecule has 74 heavy (non-hydrogen) atoms. The van der Waals surface area contributed by atoms with Gasteiger partial charge in [-0.3, -0.25) is 24.2 Å². The number of rotatable bonds is 21. The van der Waals surface area contributed by atoms with Crippen LogP contribution in [-0.4, -0.2) is 124 Å². The number of alkyl halides is 3. The smallest absolute Gasteiger partial charge is 0.390 e. The van der Waals surface area contributed by atoms with E-state index in [1.165, 1.54) is 4.90 Å². The van der Waals surface area contributed by atoms with Crippen molar-refractivity contribution in [2.75, 3.05) is 39.4 Å². The van der Waals surface area contributed by atoms with Crippen LogP contribution in [0.15, 0.2) is 66.3 Å². The van der Waals surface area contributed by atoms with Crippen LogP contribution in [0.5, 0.6) is 5.75 Å². The molecule has 4 atom stereocenters. The number of ether oxygens (including phenoxy) is 2. The molecule has 3 heterocycles. The molecule has 2 fully saturated rings. The van der Waals surface area contributed by atoms with Crippen LogP contribution in [0.2, 0.25) is 5.02 Å². The number of likely N-dealkylation sites (tertiary alicyclic amines) is 1. The van der Waals surface area contributed by atoms with Crippen LogP contribution in [0.1, 0.15) is 114 Å². The van der Waals surface area contributed by atoms with E-state index in [1.54, 1.807) is 79.0 Å². The van der Waals surface area contributed by atoms with Crippen LogP contribution in [0.3, 0.4) is 0 Å². The van der Waals surface area contributed by atoms with Crippen molar-refractivity contribution in [2.45, 2.75) is 131 Å². The Bertz CT molecular complexity index is 2640. The third-order valence-corrected chi connectivity index (χ3v) is 15.3. The van der Waals surface area contributed by atoms with Crippen molar-refractivity contribution in [3.05, 3.63) is 99.4 Å². The van der Waals surface area contributed by atoms with Gasteiger partial charge in [0.2, 0.25) is 17.7 Å². The third kappa shape index (κ3) is 14.4. The van der Waals surface area contributed by atoms with Crippen LogP contribution in [0.25, 0.3) is 10.4 Å². The number of halogens is 4. The van der Waals surface area contributed by atoms with Crippen molar-refractivity contribution in [1.29, 1.82) is 5.26 Å². The molecule has 1 saturated heterocycles. The Balaban J connectivity index is 0.964. The normalized spacial score (nSPS) is 20.0. The molecule has 0 bridgehead atoms. The Morgan fingerprint density at radius 3 is 2.30 bits per heavy atom. The van der Waals surface area contributed by atoms with Gasteiger partial charge in [-0.05, 0) is 73.5 Å². The lowest BCUT2D eigenvalue weighted by molar-refractivity contribution is -0.164. The van der Waals surface area contributed by atoms with Crippen molar-refractivity contribution in [1.82, 2.24) is 35.7 Å². The number of thiazole rings is 1. The van der Waals surface area contributed by atoms with Gasteiger partial charge in [0.25, 0.3) is 5.91 Å². The number of hydrogen-bond donors (Lipinski definition) is 4. The summed E-state index contributed by atoms with van der Waals surface area (Å²) in [6.07, 6.45) is -4.12. The van der Waals surface area contributed by atoms with Crippen molar-refractivity contribution < 1.29 is 46.9 Å². The molecule has 1 saturated carbocycles. The number of amides is 4. The molecule has 4 aromatic rings. The van der Waals surface area contributed by atoms with Gasteiger partial charge in [0.1, 0.15) is 42.3 Å². The van der Waals surface area contributed by atoms with E-state index in [2.05, 4.69) is 25.9 Å². The Hall–Kier alpha value is -5.65. The zero-order chi connectivity index (χ0) is 54.3. The predicted octanol–water partition coefficient (Wildman–Crippen LogP) is 8.22. The fourth-order valence-corrected chi connectivity index (χ4v) is 11.2. The molecule has 0 radical (unpaired) electrons. The Labute approximate surface area is 440 Å². The van der Waals surface area contributed by atoms with Crippen LogP contribution < -0.4 is 20.7 Å². The number of aryl methyl sites for hydroxylation is 2. The maximum absolute atomic E-state index is 14.2. The van der Waals surface area contributed by atoms with E-state index in [0.717, 1.165) is 27.3 Å². The number of β-amino-alcohol motifs (C(OH)–C–C–N with tert-alkyl or cyclic N) is 1. The van der Waals surface area contributed by atoms with E-state index in [-0.39, 0.29) is 63.0 Å². The molecule has 400 valence electrons. The lowest BCUT2D eigenvalue weighted by atomic mass is 9.49. The van der Waals surface area contributed by atoms with E-state index in [0.29, 0.717) is 29.2 Å². The van der Waals surface area contributed by atoms with Gasteiger partial charge < -0.3 is 40.3 Å². The highest BCUT2D eigenvalue weighted by molar-refractivity contribution is 7.13. The number of aliphatic hydroxyl groups is 1. The number of carbonyl (C=O) groups is 4. The first-order valence-corrected chi connectivity index (χ1v) is 26.0. The van der Waals surface area contributed by atoms with Gasteiger partial charge in [0.05, 0.1) is 51.8 Å². The number of nitrogens with one attached hydrogen (secondary N) is 3. The minimum Gasteiger partial charge on any atom is -0.489 e. The standard InChI is InChI=1S/C54H68ClF3N8O7S/c1-32(35-13-15-36(16-14-35)44-33(2)61-31-74-44)62-47(70)42-25-38(67)29-66(42)48(71)45(51(3,4)5)63-43(68)30-72-24-23-65(22-20-54(56,57)58)21-10-11-34-12-19-41(60-28-34)46(69)64-49-52(6,7)50(53(49,8)9)73-39-18-17-37(27-59)40(55)26-39/h12-19,26,28,31-32,38,42,45,49-50,67H,10-11,20-25,29-30H2,1-9H3,(H,62,70)(H,63,68)(H,64,69)/t32?,38-,42+,45?,49-,50-/m1/s1. The number of nitrogens with zero attached hydrogens (tertiary/aromatic N) is 5. The summed E-state index contributed by atoms with van der Waals surface area (Å²) in [4.78, 5) is 67.3. The highest BCUT2D eigenvalue weighted by Gasteiger charge is 2.64. The van der Waals surface area contributed by atoms with Crippen molar-refractivity contribution in [3.8, 4) is 22.3 Å². The van der Waals surface area contributed by atoms with Crippen LogP contribution in [0, 0.1) is 34.5 Å². The number of hydrogen-bond acceptors (Lipinski definition) is 12. The number of aromatic nitrogens is 2. The van der Waals surface area contributed by atoms with Gasteiger partial charge in [-0.1, -0.05) is 90.4 Å². The number of aliphatic hydroxyl groups excluding tert-OH is 1. The minimum absolute atomic E-state index is 0.0196. The second kappa shape index (κ2) is 23.9. The first-order valence-electron chi connectivity index (χ1n) is 24.8. The summed E-state index contributed by atoms with van der Waals surface area (Å²) in [5.74, 6) is -1.44. The summed E-state index contributed by atoms with van der Waals surface area (Å²) >= 11 is 7.78. The van der Waals surface area contributed by atoms with Crippen molar-refractivity contribution in [3.63, 3.8) is 0 Å². The molecule has 1 aliphatic heterocycles. The largest absolute Gasteiger partial charge is 0.489 e. The maximum atomic E-state index is 14.2. The molecule has 2 unspecified atom stereocenters. The lowest BCUT2D eigenvalue weighted by Crippen LogP contribution is -2.74. The van der Waals surface area contributed by atoms with E-state index >= 15 is 0 Å². The summed E-state index contributed by atoms with van der Waals surface area (Å²) < 4.78 is 52.1. The number of pyridine rings is 1. The van der Waals surface area contributed by atoms with E-state index < -0.39 is 77.4 Å². The minimum atomic E-state index is -4.39. The Morgan fingerprint density at radius 2 is 1.70 bits per heavy atom. The predicted molar refractivity (Wildman–Crippen MR) is 276 cm³/mol. The first-order chi connectivity index (χ1) is 34.7. The van der Waals surface area contributed by atoms with Crippen LogP contribution in [-0.2, 0) is 25.5 Å². The molecule has 6 rings (SSSR count). The first kappa shape index (κ1) is 57.6. The summed E-state index contributed by atoms with van der Waals surface area (Å²) in [7, 11) is 0. The average molecular weight is 1070 g/mol. The molecular formula is C54H68ClF3N8O7S. The van der Waals surface area contributed by atoms with E-state index in [9.17, 15) is 42.7 Å². The molecule has 20 heteroatoms. The Morgan fingerprint density at radius 1 is 1.00 bits per heavy atom. The highest BCUT2D eigenvalue weighted by Crippen LogP contribution is 2.55. The topological polar surface area (TPSA) is 199 Å². The second-order valence-electron chi connectivity index (χ2n) is 21.6. The van der Waals surface area contributed by atoms with E-state index in [4.69, 9.17) is 21.1 Å². The molecule has 4 amide bonds. The molecule has 15 nitrogen and oxygen atoms in total. The highest BCUT2D eigenvalue weighted by atomic mass is 35.5. The summed E-state index contributed by atoms with van der Waals surface area (Å²) in [6, 6.07) is 15.3. The zero-order valence-corrected chi connectivity index (χ0v) is 45.0. The fraction of sp³-hybridized carbons (Fsp3) is 0.537.